The van der Waals surface area contributed by atoms with Crippen LogP contribution in [-0.2, 0) is 11.3 Å². The number of nitrogens with zero attached hydrogens (tertiary/aromatic N) is 1. The largest absolute Gasteiger partial charge is 0.480 e. The van der Waals surface area contributed by atoms with Crippen LogP contribution in [0.4, 0.5) is 0 Å². The second-order valence-electron chi connectivity index (χ2n) is 5.62. The van der Waals surface area contributed by atoms with Crippen LogP contribution in [0.15, 0.2) is 27.6 Å². The zero-order valence-corrected chi connectivity index (χ0v) is 15.4. The molecule has 0 atom stereocenters. The van der Waals surface area contributed by atoms with Crippen LogP contribution >= 0.6 is 27.7 Å². The number of carboxylic acids is 1. The summed E-state index contributed by atoms with van der Waals surface area (Å²) in [6.45, 7) is 3.84. The van der Waals surface area contributed by atoms with Crippen molar-refractivity contribution < 1.29 is 9.90 Å². The molecule has 1 aliphatic carbocycles. The molecule has 1 aliphatic rings. The number of carboxylic acid groups (broad SMARTS) is 1. The number of nitrogens with one attached hydrogen (secondary N) is 1. The van der Waals surface area contributed by atoms with Gasteiger partial charge >= 0.3 is 5.97 Å². The second kappa shape index (κ2) is 8.34. The first kappa shape index (κ1) is 17.8. The normalized spacial score (nSPS) is 20.9. The van der Waals surface area contributed by atoms with Crippen LogP contribution in [0.1, 0.15) is 25.3 Å². The van der Waals surface area contributed by atoms with Crippen molar-refractivity contribution in [2.45, 2.75) is 43.3 Å². The van der Waals surface area contributed by atoms with E-state index in [-0.39, 0.29) is 6.54 Å². The van der Waals surface area contributed by atoms with E-state index in [1.165, 1.54) is 10.5 Å². The van der Waals surface area contributed by atoms with Gasteiger partial charge in [0.1, 0.15) is 0 Å². The highest BCUT2D eigenvalue weighted by Gasteiger charge is 2.33. The van der Waals surface area contributed by atoms with Crippen LogP contribution in [0.5, 0.6) is 0 Å². The Hall–Kier alpha value is -0.560. The summed E-state index contributed by atoms with van der Waals surface area (Å²) in [6.07, 6.45) is 4.16. The summed E-state index contributed by atoms with van der Waals surface area (Å²) in [7, 11) is 0. The minimum atomic E-state index is -0.738. The van der Waals surface area contributed by atoms with E-state index in [1.807, 2.05) is 11.8 Å². The minimum absolute atomic E-state index is 0.150. The Bertz CT molecular complexity index is 521. The molecule has 0 saturated heterocycles. The van der Waals surface area contributed by atoms with Crippen molar-refractivity contribution in [1.29, 1.82) is 0 Å². The van der Waals surface area contributed by atoms with Crippen molar-refractivity contribution in [2.24, 2.45) is 0 Å². The quantitative estimate of drug-likeness (QED) is 0.671. The molecule has 0 unspecified atom stereocenters. The summed E-state index contributed by atoms with van der Waals surface area (Å²) in [5.74, 6) is -0.738. The maximum absolute atomic E-state index is 10.8. The van der Waals surface area contributed by atoms with E-state index in [2.05, 4.69) is 45.7 Å². The third kappa shape index (κ3) is 4.72. The molecule has 0 radical (unpaired) electrons. The van der Waals surface area contributed by atoms with Gasteiger partial charge < -0.3 is 10.4 Å². The predicted molar refractivity (Wildman–Crippen MR) is 94.5 cm³/mol. The summed E-state index contributed by atoms with van der Waals surface area (Å²) in [6, 6.07) is 7.28. The lowest BCUT2D eigenvalue weighted by Crippen LogP contribution is -2.53. The molecule has 2 rings (SSSR count). The molecule has 122 valence electrons. The molecule has 0 bridgehead atoms. The number of likely N-dealkylation sites (N-methyl/N-ethyl adjacent to an activating group) is 1. The third-order valence-corrected chi connectivity index (χ3v) is 5.52. The van der Waals surface area contributed by atoms with Crippen LogP contribution in [-0.4, -0.2) is 47.4 Å². The van der Waals surface area contributed by atoms with Crippen molar-refractivity contribution >= 4 is 33.7 Å². The smallest absolute Gasteiger partial charge is 0.317 e. The Morgan fingerprint density at radius 2 is 2.23 bits per heavy atom. The molecule has 1 aromatic rings. The number of hydrogen-bond acceptors (Lipinski definition) is 4. The van der Waals surface area contributed by atoms with Crippen molar-refractivity contribution in [2.75, 3.05) is 19.3 Å². The van der Waals surface area contributed by atoms with Gasteiger partial charge in [-0.3, -0.25) is 9.69 Å². The first-order valence-corrected chi connectivity index (χ1v) is 9.56. The van der Waals surface area contributed by atoms with Gasteiger partial charge in [-0.1, -0.05) is 28.9 Å². The maximum atomic E-state index is 10.8. The Kier molecular flexibility index (Phi) is 6.74. The second-order valence-corrected chi connectivity index (χ2v) is 7.38. The topological polar surface area (TPSA) is 52.6 Å². The Labute approximate surface area is 144 Å². The lowest BCUT2D eigenvalue weighted by molar-refractivity contribution is -0.139. The minimum Gasteiger partial charge on any atom is -0.480 e. The van der Waals surface area contributed by atoms with E-state index in [0.717, 1.165) is 30.4 Å². The van der Waals surface area contributed by atoms with E-state index in [1.54, 1.807) is 11.8 Å². The molecule has 1 fully saturated rings. The molecule has 0 aliphatic heterocycles. The molecule has 6 heteroatoms. The molecule has 0 aromatic heterocycles. The number of thioether (sulfide) groups is 1. The van der Waals surface area contributed by atoms with E-state index in [0.29, 0.717) is 12.1 Å². The fourth-order valence-electron chi connectivity index (χ4n) is 2.84. The Morgan fingerprint density at radius 1 is 1.50 bits per heavy atom. The van der Waals surface area contributed by atoms with Crippen molar-refractivity contribution in [1.82, 2.24) is 10.2 Å². The molecule has 0 spiro atoms. The number of aliphatic carboxylic acids is 1. The lowest BCUT2D eigenvalue weighted by Gasteiger charge is -2.42. The van der Waals surface area contributed by atoms with Gasteiger partial charge in [-0.2, -0.15) is 0 Å². The highest BCUT2D eigenvalue weighted by Crippen LogP contribution is 2.28. The van der Waals surface area contributed by atoms with Crippen LogP contribution in [0.2, 0.25) is 0 Å². The van der Waals surface area contributed by atoms with E-state index < -0.39 is 5.97 Å². The summed E-state index contributed by atoms with van der Waals surface area (Å²) in [5.41, 5.74) is 1.32. The standard InChI is InChI=1S/C16H23BrN2O2S/c1-3-19(10-16(20)21)14-7-13(8-14)18-9-11-4-5-12(17)6-15(11)22-2/h4-6,13-14,18H,3,7-10H2,1-2H3,(H,20,21). The highest BCUT2D eigenvalue weighted by atomic mass is 79.9. The number of benzene rings is 1. The summed E-state index contributed by atoms with van der Waals surface area (Å²) in [4.78, 5) is 14.2. The molecule has 1 saturated carbocycles. The van der Waals surface area contributed by atoms with Gasteiger partial charge in [-0.25, -0.2) is 0 Å². The van der Waals surface area contributed by atoms with Gasteiger partial charge in [0.05, 0.1) is 6.54 Å². The van der Waals surface area contributed by atoms with Crippen molar-refractivity contribution in [3.8, 4) is 0 Å². The summed E-state index contributed by atoms with van der Waals surface area (Å²) < 4.78 is 1.11. The molecule has 1 aromatic carbocycles. The molecule has 2 N–H and O–H groups in total. The van der Waals surface area contributed by atoms with E-state index in [4.69, 9.17) is 5.11 Å². The van der Waals surface area contributed by atoms with Gasteiger partial charge in [0, 0.05) is 28.0 Å². The van der Waals surface area contributed by atoms with Gasteiger partial charge in [0.15, 0.2) is 0 Å². The fraction of sp³-hybridized carbons (Fsp3) is 0.562. The maximum Gasteiger partial charge on any atom is 0.317 e. The van der Waals surface area contributed by atoms with Crippen molar-refractivity contribution in [3.05, 3.63) is 28.2 Å². The van der Waals surface area contributed by atoms with Crippen LogP contribution < -0.4 is 5.32 Å². The number of hydrogen-bond donors (Lipinski definition) is 2. The number of carbonyl (C=O) groups is 1. The third-order valence-electron chi connectivity index (χ3n) is 4.20. The average Bonchev–Trinajstić information content (AvgIpc) is 2.44. The highest BCUT2D eigenvalue weighted by molar-refractivity contribution is 9.10. The SMILES string of the molecule is CCN(CC(=O)O)C1CC(NCc2ccc(Br)cc2SC)C1. The fourth-order valence-corrected chi connectivity index (χ4v) is 4.00. The number of rotatable bonds is 8. The zero-order chi connectivity index (χ0) is 16.1. The van der Waals surface area contributed by atoms with Gasteiger partial charge in [-0.05, 0) is 43.3 Å². The summed E-state index contributed by atoms with van der Waals surface area (Å²) in [5, 5.41) is 12.5. The monoisotopic (exact) mass is 386 g/mol. The molecule has 4 nitrogen and oxygen atoms in total. The zero-order valence-electron chi connectivity index (χ0n) is 13.0. The Balaban J connectivity index is 1.80. The van der Waals surface area contributed by atoms with Crippen molar-refractivity contribution in [3.63, 3.8) is 0 Å². The molecule has 0 amide bonds. The van der Waals surface area contributed by atoms with Crippen LogP contribution in [0.25, 0.3) is 0 Å². The van der Waals surface area contributed by atoms with Gasteiger partial charge in [-0.15, -0.1) is 11.8 Å². The molecule has 22 heavy (non-hydrogen) atoms. The Morgan fingerprint density at radius 3 is 2.82 bits per heavy atom. The van der Waals surface area contributed by atoms with Crippen LogP contribution in [0.3, 0.4) is 0 Å². The van der Waals surface area contributed by atoms with Crippen LogP contribution in [0, 0.1) is 0 Å². The first-order valence-electron chi connectivity index (χ1n) is 7.55. The van der Waals surface area contributed by atoms with Gasteiger partial charge in [0.25, 0.3) is 0 Å². The molecule has 0 heterocycles. The van der Waals surface area contributed by atoms with Gasteiger partial charge in [0.2, 0.25) is 0 Å². The average molecular weight is 387 g/mol. The van der Waals surface area contributed by atoms with E-state index in [9.17, 15) is 4.79 Å². The first-order chi connectivity index (χ1) is 10.5. The van der Waals surface area contributed by atoms with E-state index >= 15 is 0 Å². The summed E-state index contributed by atoms with van der Waals surface area (Å²) >= 11 is 5.27. The molecular weight excluding hydrogens is 364 g/mol. The number of halogens is 1. The molecular formula is C16H23BrN2O2S. The lowest BCUT2D eigenvalue weighted by atomic mass is 9.85. The predicted octanol–water partition coefficient (Wildman–Crippen LogP) is 3.20.